The molecule has 0 aromatic heterocycles. The second-order valence-corrected chi connectivity index (χ2v) is 8.76. The smallest absolute Gasteiger partial charge is 0.338 e. The molecular weight excluding hydrogens is 418 g/mol. The van der Waals surface area contributed by atoms with Gasteiger partial charge < -0.3 is 28.8 Å². The predicted octanol–water partition coefficient (Wildman–Crippen LogP) is 2.54. The number of azide groups is 1. The maximum atomic E-state index is 12.7. The van der Waals surface area contributed by atoms with E-state index in [9.17, 15) is 9.90 Å². The molecule has 2 bridgehead atoms. The van der Waals surface area contributed by atoms with Gasteiger partial charge >= 0.3 is 5.97 Å². The first-order chi connectivity index (χ1) is 15.4. The van der Waals surface area contributed by atoms with Crippen molar-refractivity contribution in [2.75, 3.05) is 6.61 Å². The number of rotatable bonds is 6. The highest BCUT2D eigenvalue weighted by Gasteiger charge is 2.52. The zero-order chi connectivity index (χ0) is 22.8. The molecule has 4 rings (SSSR count). The van der Waals surface area contributed by atoms with E-state index < -0.39 is 42.9 Å². The Balaban J connectivity index is 1.45. The van der Waals surface area contributed by atoms with Crippen LogP contribution in [0.1, 0.15) is 26.3 Å². The molecule has 0 aliphatic carbocycles. The standard InChI is InChI=1S/C22H29N3O7/c1-11-12(2)21(31-18-13(3)16(24-25-23)22-29-10-15(18)30-22)32-19(17(11)26)20(27)28-9-14-7-5-4-6-8-14/h4-8,11-13,15-19,21-22,26H,9-10H2,1-3H3/t11?,12-,13?,15?,16-,17-,18-,19+,21+,22+/m0/s1. The highest BCUT2D eigenvalue weighted by molar-refractivity contribution is 5.75. The van der Waals surface area contributed by atoms with Crippen molar-refractivity contribution in [2.45, 2.75) is 70.4 Å². The number of aliphatic hydroxyl groups excluding tert-OH is 1. The van der Waals surface area contributed by atoms with Crippen LogP contribution in [0.15, 0.2) is 35.4 Å². The highest BCUT2D eigenvalue weighted by Crippen LogP contribution is 2.39. The third-order valence-corrected chi connectivity index (χ3v) is 6.76. The molecule has 1 aromatic carbocycles. The van der Waals surface area contributed by atoms with E-state index in [1.807, 2.05) is 51.1 Å². The predicted molar refractivity (Wildman–Crippen MR) is 111 cm³/mol. The number of ether oxygens (including phenoxy) is 5. The average molecular weight is 447 g/mol. The number of hydrogen-bond donors (Lipinski definition) is 1. The molecule has 10 nitrogen and oxygen atoms in total. The van der Waals surface area contributed by atoms with Crippen LogP contribution in [-0.2, 0) is 35.1 Å². The molecule has 1 aromatic rings. The summed E-state index contributed by atoms with van der Waals surface area (Å²) in [6.45, 7) is 6.07. The number of nitrogens with zero attached hydrogens (tertiary/aromatic N) is 3. The molecule has 3 unspecified atom stereocenters. The van der Waals surface area contributed by atoms with Crippen molar-refractivity contribution in [3.8, 4) is 0 Å². The summed E-state index contributed by atoms with van der Waals surface area (Å²) in [5.74, 6) is -1.30. The third-order valence-electron chi connectivity index (χ3n) is 6.76. The van der Waals surface area contributed by atoms with Crippen molar-refractivity contribution >= 4 is 5.97 Å². The molecule has 0 amide bonds. The van der Waals surface area contributed by atoms with Crippen molar-refractivity contribution < 1.29 is 33.6 Å². The van der Waals surface area contributed by atoms with Crippen molar-refractivity contribution in [2.24, 2.45) is 22.9 Å². The molecule has 3 aliphatic heterocycles. The number of fused-ring (bicyclic) bond motifs is 2. The summed E-state index contributed by atoms with van der Waals surface area (Å²) in [7, 11) is 0. The number of benzene rings is 1. The van der Waals surface area contributed by atoms with Crippen LogP contribution in [0.25, 0.3) is 10.4 Å². The van der Waals surface area contributed by atoms with E-state index in [4.69, 9.17) is 29.2 Å². The summed E-state index contributed by atoms with van der Waals surface area (Å²) in [5, 5.41) is 14.5. The van der Waals surface area contributed by atoms with Crippen LogP contribution >= 0.6 is 0 Å². The number of carbonyl (C=O) groups excluding carboxylic acids is 1. The normalized spacial score (nSPS) is 41.0. The van der Waals surface area contributed by atoms with Crippen LogP contribution in [0.4, 0.5) is 0 Å². The molecule has 3 aliphatic rings. The zero-order valence-corrected chi connectivity index (χ0v) is 18.3. The first-order valence-electron chi connectivity index (χ1n) is 10.9. The van der Waals surface area contributed by atoms with E-state index in [1.54, 1.807) is 0 Å². The second-order valence-electron chi connectivity index (χ2n) is 8.76. The van der Waals surface area contributed by atoms with Crippen LogP contribution in [0.3, 0.4) is 0 Å². The van der Waals surface area contributed by atoms with Crippen molar-refractivity contribution in [3.63, 3.8) is 0 Å². The minimum atomic E-state index is -1.17. The molecule has 10 heteroatoms. The third kappa shape index (κ3) is 4.47. The molecule has 3 heterocycles. The molecule has 0 radical (unpaired) electrons. The van der Waals surface area contributed by atoms with E-state index in [1.165, 1.54) is 0 Å². The Morgan fingerprint density at radius 1 is 1.19 bits per heavy atom. The lowest BCUT2D eigenvalue weighted by Crippen LogP contribution is -2.57. The summed E-state index contributed by atoms with van der Waals surface area (Å²) in [6, 6.07) is 8.77. The van der Waals surface area contributed by atoms with Crippen LogP contribution in [-0.4, -0.2) is 60.7 Å². The fourth-order valence-corrected chi connectivity index (χ4v) is 4.50. The summed E-state index contributed by atoms with van der Waals surface area (Å²) in [4.78, 5) is 15.6. The fraction of sp³-hybridized carbons (Fsp3) is 0.682. The molecule has 32 heavy (non-hydrogen) atoms. The molecule has 0 spiro atoms. The van der Waals surface area contributed by atoms with E-state index in [0.717, 1.165) is 5.56 Å². The quantitative estimate of drug-likeness (QED) is 0.307. The van der Waals surface area contributed by atoms with Gasteiger partial charge in [-0.05, 0) is 22.9 Å². The van der Waals surface area contributed by atoms with Crippen LogP contribution in [0, 0.1) is 17.8 Å². The maximum absolute atomic E-state index is 12.7. The molecule has 3 fully saturated rings. The Morgan fingerprint density at radius 3 is 2.66 bits per heavy atom. The SMILES string of the molecule is CC1[C@H](C)[C@H](O[C@@H]2C3CO[C@H](O3)[C@@H](N=[N+]=[N-])C2C)O[C@@H](C(=O)OCc2ccccc2)[C@H]1O. The Kier molecular flexibility index (Phi) is 6.99. The summed E-state index contributed by atoms with van der Waals surface area (Å²) in [5.41, 5.74) is 9.75. The van der Waals surface area contributed by atoms with Crippen molar-refractivity contribution in [1.82, 2.24) is 0 Å². The number of aliphatic hydroxyl groups is 1. The van der Waals surface area contributed by atoms with Crippen LogP contribution in [0.5, 0.6) is 0 Å². The van der Waals surface area contributed by atoms with Gasteiger partial charge in [0, 0.05) is 10.8 Å². The van der Waals surface area contributed by atoms with Crippen LogP contribution < -0.4 is 0 Å². The first kappa shape index (κ1) is 23.0. The van der Waals surface area contributed by atoms with Gasteiger partial charge in [0.05, 0.1) is 24.9 Å². The molecule has 174 valence electrons. The van der Waals surface area contributed by atoms with Crippen LogP contribution in [0.2, 0.25) is 0 Å². The fourth-order valence-electron chi connectivity index (χ4n) is 4.50. The van der Waals surface area contributed by atoms with Gasteiger partial charge in [0.25, 0.3) is 0 Å². The van der Waals surface area contributed by atoms with E-state index in [0.29, 0.717) is 6.61 Å². The van der Waals surface area contributed by atoms with E-state index in [2.05, 4.69) is 10.0 Å². The zero-order valence-electron chi connectivity index (χ0n) is 18.3. The summed E-state index contributed by atoms with van der Waals surface area (Å²) in [6.07, 6.45) is -4.35. The molecule has 0 saturated carbocycles. The van der Waals surface area contributed by atoms with Gasteiger partial charge in [-0.25, -0.2) is 4.79 Å². The maximum Gasteiger partial charge on any atom is 0.338 e. The topological polar surface area (TPSA) is 132 Å². The molecule has 10 atom stereocenters. The van der Waals surface area contributed by atoms with Crippen molar-refractivity contribution in [3.05, 3.63) is 46.3 Å². The summed E-state index contributed by atoms with van der Waals surface area (Å²) < 4.78 is 29.1. The van der Waals surface area contributed by atoms with Gasteiger partial charge in [-0.2, -0.15) is 0 Å². The van der Waals surface area contributed by atoms with E-state index >= 15 is 0 Å². The minimum Gasteiger partial charge on any atom is -0.459 e. The molecule has 3 saturated heterocycles. The number of carbonyl (C=O) groups is 1. The largest absolute Gasteiger partial charge is 0.459 e. The monoisotopic (exact) mass is 447 g/mol. The van der Waals surface area contributed by atoms with Gasteiger partial charge in [0.15, 0.2) is 18.7 Å². The van der Waals surface area contributed by atoms with Gasteiger partial charge in [-0.1, -0.05) is 56.2 Å². The van der Waals surface area contributed by atoms with E-state index in [-0.39, 0.29) is 30.5 Å². The minimum absolute atomic E-state index is 0.0872. The summed E-state index contributed by atoms with van der Waals surface area (Å²) >= 11 is 0. The Morgan fingerprint density at radius 2 is 1.94 bits per heavy atom. The Hall–Kier alpha value is -2.20. The Labute approximate surface area is 186 Å². The lowest BCUT2D eigenvalue weighted by atomic mass is 9.84. The lowest BCUT2D eigenvalue weighted by Gasteiger charge is -2.45. The van der Waals surface area contributed by atoms with Gasteiger partial charge in [0.2, 0.25) is 0 Å². The van der Waals surface area contributed by atoms with Gasteiger partial charge in [-0.15, -0.1) is 0 Å². The lowest BCUT2D eigenvalue weighted by molar-refractivity contribution is -0.298. The Bertz CT molecular complexity index is 849. The molecular formula is C22H29N3O7. The van der Waals surface area contributed by atoms with Gasteiger partial charge in [-0.3, -0.25) is 0 Å². The number of esters is 1. The van der Waals surface area contributed by atoms with Crippen molar-refractivity contribution in [1.29, 1.82) is 0 Å². The first-order valence-corrected chi connectivity index (χ1v) is 10.9. The number of hydrogen-bond acceptors (Lipinski definition) is 8. The van der Waals surface area contributed by atoms with Gasteiger partial charge in [0.1, 0.15) is 12.7 Å². The second kappa shape index (κ2) is 9.74. The average Bonchev–Trinajstić information content (AvgIpc) is 3.24. The molecule has 1 N–H and O–H groups in total. The highest BCUT2D eigenvalue weighted by atomic mass is 16.8.